The monoisotopic (exact) mass is 276 g/mol. The number of anilines is 2. The van der Waals surface area contributed by atoms with E-state index in [2.05, 4.69) is 34.3 Å². The van der Waals surface area contributed by atoms with Crippen molar-refractivity contribution in [1.82, 2.24) is 9.88 Å². The van der Waals surface area contributed by atoms with Crippen LogP contribution < -0.4 is 11.1 Å². The lowest BCUT2D eigenvalue weighted by atomic mass is 10.2. The maximum Gasteiger partial charge on any atom is 0.106 e. The maximum absolute atomic E-state index is 6.15. The second kappa shape index (κ2) is 5.35. The molecule has 0 aliphatic heterocycles. The molecule has 0 saturated heterocycles. The van der Waals surface area contributed by atoms with Crippen molar-refractivity contribution in [2.24, 2.45) is 0 Å². The third-order valence-electron chi connectivity index (χ3n) is 3.73. The summed E-state index contributed by atoms with van der Waals surface area (Å²) in [6.45, 7) is 5.38. The number of nitrogens with one attached hydrogen (secondary N) is 1. The van der Waals surface area contributed by atoms with Gasteiger partial charge in [0.15, 0.2) is 0 Å². The smallest absolute Gasteiger partial charge is 0.106 e. The zero-order valence-electron chi connectivity index (χ0n) is 11.2. The van der Waals surface area contributed by atoms with Gasteiger partial charge in [0.1, 0.15) is 5.52 Å². The molecule has 1 aliphatic rings. The van der Waals surface area contributed by atoms with Crippen LogP contribution in [-0.2, 0) is 0 Å². The van der Waals surface area contributed by atoms with E-state index in [1.807, 2.05) is 5.51 Å². The summed E-state index contributed by atoms with van der Waals surface area (Å²) >= 11 is 1.63. The lowest BCUT2D eigenvalue weighted by Crippen LogP contribution is -2.31. The Kier molecular flexibility index (Phi) is 3.57. The number of nitrogens with zero attached hydrogens (tertiary/aromatic N) is 2. The molecule has 1 aliphatic carbocycles. The molecule has 102 valence electrons. The van der Waals surface area contributed by atoms with Crippen molar-refractivity contribution in [2.75, 3.05) is 30.7 Å². The van der Waals surface area contributed by atoms with Crippen molar-refractivity contribution in [3.8, 4) is 0 Å². The standard InChI is InChI=1S/C14H20N4S/c1-2-18(10-3-4-10)8-7-16-11-5-6-12-14(13(11)15)17-9-19-12/h5-6,9-10,16H,2-4,7-8,15H2,1H3. The molecule has 1 aromatic carbocycles. The lowest BCUT2D eigenvalue weighted by Gasteiger charge is -2.20. The minimum atomic E-state index is 0.772. The van der Waals surface area contributed by atoms with Crippen molar-refractivity contribution in [1.29, 1.82) is 0 Å². The SMILES string of the molecule is CCN(CCNc1ccc2scnc2c1N)C1CC1. The third kappa shape index (κ3) is 2.67. The Morgan fingerprint density at radius 3 is 3.05 bits per heavy atom. The Bertz CT molecular complexity index is 562. The number of aromatic nitrogens is 1. The van der Waals surface area contributed by atoms with Crippen LogP contribution in [-0.4, -0.2) is 35.6 Å². The summed E-state index contributed by atoms with van der Waals surface area (Å²) in [5.74, 6) is 0. The molecule has 4 nitrogen and oxygen atoms in total. The van der Waals surface area contributed by atoms with E-state index in [1.165, 1.54) is 12.8 Å². The second-order valence-electron chi connectivity index (χ2n) is 5.01. The number of hydrogen-bond acceptors (Lipinski definition) is 5. The Hall–Kier alpha value is -1.33. The first-order chi connectivity index (χ1) is 9.29. The van der Waals surface area contributed by atoms with Gasteiger partial charge in [-0.15, -0.1) is 11.3 Å². The van der Waals surface area contributed by atoms with Gasteiger partial charge >= 0.3 is 0 Å². The van der Waals surface area contributed by atoms with E-state index in [0.717, 1.165) is 47.3 Å². The van der Waals surface area contributed by atoms with Gasteiger partial charge in [0.2, 0.25) is 0 Å². The van der Waals surface area contributed by atoms with E-state index < -0.39 is 0 Å². The van der Waals surface area contributed by atoms with Crippen LogP contribution >= 0.6 is 11.3 Å². The lowest BCUT2D eigenvalue weighted by molar-refractivity contribution is 0.289. The van der Waals surface area contributed by atoms with Crippen LogP contribution in [0.25, 0.3) is 10.2 Å². The van der Waals surface area contributed by atoms with Crippen LogP contribution in [0, 0.1) is 0 Å². The zero-order chi connectivity index (χ0) is 13.2. The first-order valence-corrected chi connectivity index (χ1v) is 7.77. The van der Waals surface area contributed by atoms with Crippen molar-refractivity contribution in [3.63, 3.8) is 0 Å². The van der Waals surface area contributed by atoms with Crippen molar-refractivity contribution in [3.05, 3.63) is 17.6 Å². The zero-order valence-corrected chi connectivity index (χ0v) is 12.0. The molecule has 3 rings (SSSR count). The summed E-state index contributed by atoms with van der Waals surface area (Å²) in [5.41, 5.74) is 10.7. The highest BCUT2D eigenvalue weighted by Gasteiger charge is 2.27. The summed E-state index contributed by atoms with van der Waals surface area (Å²) in [6, 6.07) is 4.97. The topological polar surface area (TPSA) is 54.2 Å². The molecule has 0 bridgehead atoms. The number of benzene rings is 1. The molecule has 1 aromatic heterocycles. The highest BCUT2D eigenvalue weighted by molar-refractivity contribution is 7.16. The number of thiazole rings is 1. The fraction of sp³-hybridized carbons (Fsp3) is 0.500. The molecule has 0 atom stereocenters. The molecule has 1 fully saturated rings. The van der Waals surface area contributed by atoms with Crippen molar-refractivity contribution >= 4 is 32.9 Å². The molecule has 0 unspecified atom stereocenters. The van der Waals surface area contributed by atoms with Crippen LogP contribution in [0.4, 0.5) is 11.4 Å². The van der Waals surface area contributed by atoms with Crippen molar-refractivity contribution < 1.29 is 0 Å². The summed E-state index contributed by atoms with van der Waals surface area (Å²) in [4.78, 5) is 6.85. The Morgan fingerprint density at radius 1 is 1.47 bits per heavy atom. The van der Waals surface area contributed by atoms with Gasteiger partial charge in [-0.2, -0.15) is 0 Å². The summed E-state index contributed by atoms with van der Waals surface area (Å²) in [6.07, 6.45) is 2.72. The van der Waals surface area contributed by atoms with Gasteiger partial charge in [-0.05, 0) is 31.5 Å². The van der Waals surface area contributed by atoms with Crippen LogP contribution in [0.5, 0.6) is 0 Å². The summed E-state index contributed by atoms with van der Waals surface area (Å²) in [5, 5.41) is 3.44. The first-order valence-electron chi connectivity index (χ1n) is 6.89. The fourth-order valence-corrected chi connectivity index (χ4v) is 3.17. The Balaban J connectivity index is 1.63. The number of likely N-dealkylation sites (N-methyl/N-ethyl adjacent to an activating group) is 1. The fourth-order valence-electron chi connectivity index (χ4n) is 2.48. The molecular weight excluding hydrogens is 256 g/mol. The summed E-state index contributed by atoms with van der Waals surface area (Å²) < 4.78 is 1.15. The summed E-state index contributed by atoms with van der Waals surface area (Å²) in [7, 11) is 0. The number of fused-ring (bicyclic) bond motifs is 1. The van der Waals surface area contributed by atoms with Gasteiger partial charge < -0.3 is 11.1 Å². The van der Waals surface area contributed by atoms with E-state index in [-0.39, 0.29) is 0 Å². The van der Waals surface area contributed by atoms with E-state index in [0.29, 0.717) is 0 Å². The van der Waals surface area contributed by atoms with Gasteiger partial charge in [-0.1, -0.05) is 6.92 Å². The predicted octanol–water partition coefficient (Wildman–Crippen LogP) is 2.77. The molecule has 0 spiro atoms. The molecular formula is C14H20N4S. The molecule has 1 saturated carbocycles. The van der Waals surface area contributed by atoms with E-state index in [4.69, 9.17) is 5.73 Å². The van der Waals surface area contributed by atoms with Gasteiger partial charge in [-0.3, -0.25) is 4.90 Å². The normalized spacial score (nSPS) is 15.3. The van der Waals surface area contributed by atoms with E-state index in [1.54, 1.807) is 11.3 Å². The van der Waals surface area contributed by atoms with Gasteiger partial charge in [0.05, 0.1) is 21.6 Å². The quantitative estimate of drug-likeness (QED) is 0.797. The molecule has 1 heterocycles. The number of rotatable bonds is 6. The molecule has 3 N–H and O–H groups in total. The Morgan fingerprint density at radius 2 is 2.32 bits per heavy atom. The number of hydrogen-bond donors (Lipinski definition) is 2. The van der Waals surface area contributed by atoms with E-state index in [9.17, 15) is 0 Å². The maximum atomic E-state index is 6.15. The average Bonchev–Trinajstić information content (AvgIpc) is 3.14. The predicted molar refractivity (Wildman–Crippen MR) is 82.8 cm³/mol. The molecule has 5 heteroatoms. The molecule has 0 amide bonds. The minimum absolute atomic E-state index is 0.772. The highest BCUT2D eigenvalue weighted by atomic mass is 32.1. The van der Waals surface area contributed by atoms with Crippen LogP contribution in [0.1, 0.15) is 19.8 Å². The largest absolute Gasteiger partial charge is 0.395 e. The third-order valence-corrected chi connectivity index (χ3v) is 4.52. The first kappa shape index (κ1) is 12.7. The van der Waals surface area contributed by atoms with Crippen LogP contribution in [0.3, 0.4) is 0 Å². The average molecular weight is 276 g/mol. The Labute approximate surface area is 117 Å². The highest BCUT2D eigenvalue weighted by Crippen LogP contribution is 2.30. The van der Waals surface area contributed by atoms with E-state index >= 15 is 0 Å². The van der Waals surface area contributed by atoms with Crippen LogP contribution in [0.2, 0.25) is 0 Å². The molecule has 19 heavy (non-hydrogen) atoms. The van der Waals surface area contributed by atoms with Crippen molar-refractivity contribution in [2.45, 2.75) is 25.8 Å². The van der Waals surface area contributed by atoms with Gasteiger partial charge in [-0.25, -0.2) is 4.98 Å². The minimum Gasteiger partial charge on any atom is -0.395 e. The number of nitrogen functional groups attached to an aromatic ring is 1. The van der Waals surface area contributed by atoms with Gasteiger partial charge in [0.25, 0.3) is 0 Å². The molecule has 0 radical (unpaired) electrons. The second-order valence-corrected chi connectivity index (χ2v) is 5.90. The molecule has 2 aromatic rings. The number of nitrogens with two attached hydrogens (primary N) is 1. The van der Waals surface area contributed by atoms with Gasteiger partial charge in [0, 0.05) is 19.1 Å². The van der Waals surface area contributed by atoms with Crippen LogP contribution in [0.15, 0.2) is 17.6 Å².